The van der Waals surface area contributed by atoms with Crippen LogP contribution in [0.15, 0.2) is 46.0 Å². The van der Waals surface area contributed by atoms with Crippen LogP contribution in [0.3, 0.4) is 0 Å². The third-order valence-corrected chi connectivity index (χ3v) is 4.67. The number of nitrogens with zero attached hydrogens (tertiary/aromatic N) is 3. The second-order valence-corrected chi connectivity index (χ2v) is 6.88. The Balaban J connectivity index is 2.24. The Bertz CT molecular complexity index is 753. The highest BCUT2D eigenvalue weighted by Gasteiger charge is 2.27. The smallest absolute Gasteiger partial charge is 0.278 e. The summed E-state index contributed by atoms with van der Waals surface area (Å²) < 4.78 is 31.0. The molecule has 7 nitrogen and oxygen atoms in total. The van der Waals surface area contributed by atoms with Crippen molar-refractivity contribution >= 4 is 15.9 Å². The molecule has 0 spiro atoms. The minimum Gasteiger partial charge on any atom is -0.423 e. The largest absolute Gasteiger partial charge is 0.423 e. The Morgan fingerprint density at radius 2 is 1.82 bits per heavy atom. The number of oxazole rings is 1. The second-order valence-electron chi connectivity index (χ2n) is 4.90. The molecule has 1 amide bonds. The fraction of sp³-hybridized carbons (Fsp3) is 0.286. The molecule has 2 aromatic rings. The lowest BCUT2D eigenvalue weighted by molar-refractivity contribution is -0.128. The predicted octanol–water partition coefficient (Wildman–Crippen LogP) is 1.05. The van der Waals surface area contributed by atoms with E-state index >= 15 is 0 Å². The van der Waals surface area contributed by atoms with Gasteiger partial charge in [0.05, 0.1) is 12.7 Å². The standard InChI is InChI=1S/C14H17N3O4S/c1-16(2)12(18)10-17(3)22(19,20)13-9-15-14(21-13)11-7-5-4-6-8-11/h4-9H,10H2,1-3H3. The predicted molar refractivity (Wildman–Crippen MR) is 80.4 cm³/mol. The molecule has 0 aliphatic rings. The molecule has 0 bridgehead atoms. The van der Waals surface area contributed by atoms with Gasteiger partial charge in [0.15, 0.2) is 0 Å². The van der Waals surface area contributed by atoms with E-state index in [0.717, 1.165) is 10.5 Å². The molecule has 1 heterocycles. The van der Waals surface area contributed by atoms with Gasteiger partial charge >= 0.3 is 0 Å². The van der Waals surface area contributed by atoms with Crippen molar-refractivity contribution in [3.63, 3.8) is 0 Å². The summed E-state index contributed by atoms with van der Waals surface area (Å²) in [4.78, 5) is 16.9. The number of aromatic nitrogens is 1. The fourth-order valence-corrected chi connectivity index (χ4v) is 2.62. The second kappa shape index (κ2) is 6.29. The summed E-state index contributed by atoms with van der Waals surface area (Å²) in [7, 11) is 0.543. The molecule has 0 atom stereocenters. The summed E-state index contributed by atoms with van der Waals surface area (Å²) in [5.74, 6) is -0.111. The molecule has 0 radical (unpaired) electrons. The van der Waals surface area contributed by atoms with Gasteiger partial charge < -0.3 is 9.32 Å². The van der Waals surface area contributed by atoms with Crippen LogP contribution in [0.5, 0.6) is 0 Å². The molecular formula is C14H17N3O4S. The van der Waals surface area contributed by atoms with E-state index < -0.39 is 10.0 Å². The van der Waals surface area contributed by atoms with Gasteiger partial charge in [-0.15, -0.1) is 0 Å². The van der Waals surface area contributed by atoms with Crippen LogP contribution < -0.4 is 0 Å². The lowest BCUT2D eigenvalue weighted by atomic mass is 10.2. The van der Waals surface area contributed by atoms with Crippen LogP contribution in [0.1, 0.15) is 0 Å². The van der Waals surface area contributed by atoms with Crippen LogP contribution in [-0.4, -0.2) is 56.2 Å². The number of sulfonamides is 1. The van der Waals surface area contributed by atoms with Crippen molar-refractivity contribution in [1.29, 1.82) is 0 Å². The summed E-state index contributed by atoms with van der Waals surface area (Å²) in [6.07, 6.45) is 1.15. The molecule has 0 aliphatic carbocycles. The maximum atomic E-state index is 12.4. The van der Waals surface area contributed by atoms with Crippen LogP contribution >= 0.6 is 0 Å². The van der Waals surface area contributed by atoms with Crippen LogP contribution in [0.25, 0.3) is 11.5 Å². The van der Waals surface area contributed by atoms with E-state index in [0.29, 0.717) is 5.56 Å². The summed E-state index contributed by atoms with van der Waals surface area (Å²) in [6, 6.07) is 8.97. The van der Waals surface area contributed by atoms with Gasteiger partial charge in [-0.25, -0.2) is 13.4 Å². The minimum absolute atomic E-state index is 0.214. The van der Waals surface area contributed by atoms with Crippen LogP contribution in [0.4, 0.5) is 0 Å². The Kier molecular flexibility index (Phi) is 4.62. The van der Waals surface area contributed by atoms with Gasteiger partial charge in [0.1, 0.15) is 0 Å². The quantitative estimate of drug-likeness (QED) is 0.821. The van der Waals surface area contributed by atoms with Crippen LogP contribution in [0.2, 0.25) is 0 Å². The van der Waals surface area contributed by atoms with E-state index in [1.54, 1.807) is 38.4 Å². The Labute approximate surface area is 129 Å². The highest BCUT2D eigenvalue weighted by atomic mass is 32.2. The van der Waals surface area contributed by atoms with E-state index in [1.807, 2.05) is 6.07 Å². The first-order valence-electron chi connectivity index (χ1n) is 6.50. The van der Waals surface area contributed by atoms with E-state index in [9.17, 15) is 13.2 Å². The molecule has 0 unspecified atom stereocenters. The zero-order chi connectivity index (χ0) is 16.3. The van der Waals surface area contributed by atoms with Crippen LogP contribution in [-0.2, 0) is 14.8 Å². The Hall–Kier alpha value is -2.19. The highest BCUT2D eigenvalue weighted by molar-refractivity contribution is 7.89. The summed E-state index contributed by atoms with van der Waals surface area (Å²) in [5.41, 5.74) is 0.677. The lowest BCUT2D eigenvalue weighted by Crippen LogP contribution is -2.37. The van der Waals surface area contributed by atoms with Gasteiger partial charge in [-0.05, 0) is 12.1 Å². The summed E-state index contributed by atoms with van der Waals surface area (Å²) in [6.45, 7) is -0.267. The van der Waals surface area contributed by atoms with Gasteiger partial charge in [-0.3, -0.25) is 4.79 Å². The number of carbonyl (C=O) groups is 1. The molecule has 8 heteroatoms. The van der Waals surface area contributed by atoms with Crippen molar-refractivity contribution in [3.8, 4) is 11.5 Å². The van der Waals surface area contributed by atoms with Crippen molar-refractivity contribution in [3.05, 3.63) is 36.5 Å². The first kappa shape index (κ1) is 16.2. The molecule has 0 N–H and O–H groups in total. The number of likely N-dealkylation sites (N-methyl/N-ethyl adjacent to an activating group) is 2. The van der Waals surface area contributed by atoms with Gasteiger partial charge in [-0.1, -0.05) is 18.2 Å². The lowest BCUT2D eigenvalue weighted by Gasteiger charge is -2.17. The molecule has 2 rings (SSSR count). The maximum Gasteiger partial charge on any atom is 0.278 e. The molecule has 1 aromatic heterocycles. The fourth-order valence-electron chi connectivity index (χ4n) is 1.66. The van der Waals surface area contributed by atoms with Gasteiger partial charge in [0.2, 0.25) is 11.8 Å². The Morgan fingerprint density at radius 1 is 1.18 bits per heavy atom. The maximum absolute atomic E-state index is 12.4. The normalized spacial score (nSPS) is 11.6. The zero-order valence-corrected chi connectivity index (χ0v) is 13.4. The zero-order valence-electron chi connectivity index (χ0n) is 12.6. The first-order chi connectivity index (χ1) is 10.3. The minimum atomic E-state index is -3.90. The van der Waals surface area contributed by atoms with Crippen molar-refractivity contribution in [2.24, 2.45) is 0 Å². The third-order valence-electron chi connectivity index (χ3n) is 3.03. The van der Waals surface area contributed by atoms with Crippen LogP contribution in [0, 0.1) is 0 Å². The van der Waals surface area contributed by atoms with Crippen molar-refractivity contribution in [2.45, 2.75) is 5.09 Å². The average molecular weight is 323 g/mol. The monoisotopic (exact) mass is 323 g/mol. The van der Waals surface area contributed by atoms with E-state index in [2.05, 4.69) is 4.98 Å². The molecule has 1 aromatic carbocycles. The summed E-state index contributed by atoms with van der Waals surface area (Å²) in [5, 5.41) is -0.291. The number of hydrogen-bond donors (Lipinski definition) is 0. The molecule has 0 aliphatic heterocycles. The molecule has 0 saturated carbocycles. The average Bonchev–Trinajstić information content (AvgIpc) is 2.98. The number of amides is 1. The first-order valence-corrected chi connectivity index (χ1v) is 7.94. The van der Waals surface area contributed by atoms with Crippen molar-refractivity contribution < 1.29 is 17.6 Å². The molecule has 118 valence electrons. The number of benzene rings is 1. The topological polar surface area (TPSA) is 83.7 Å². The number of carbonyl (C=O) groups excluding carboxylic acids is 1. The molecule has 22 heavy (non-hydrogen) atoms. The molecular weight excluding hydrogens is 306 g/mol. The molecule has 0 saturated heterocycles. The summed E-state index contributed by atoms with van der Waals surface area (Å²) >= 11 is 0. The van der Waals surface area contributed by atoms with Crippen molar-refractivity contribution in [2.75, 3.05) is 27.7 Å². The van der Waals surface area contributed by atoms with Gasteiger partial charge in [-0.2, -0.15) is 4.31 Å². The number of hydrogen-bond acceptors (Lipinski definition) is 5. The van der Waals surface area contributed by atoms with E-state index in [4.69, 9.17) is 4.42 Å². The SMILES string of the molecule is CN(C)C(=O)CN(C)S(=O)(=O)c1cnc(-c2ccccc2)o1. The molecule has 0 fully saturated rings. The number of rotatable bonds is 5. The highest BCUT2D eigenvalue weighted by Crippen LogP contribution is 2.22. The third kappa shape index (κ3) is 3.34. The van der Waals surface area contributed by atoms with E-state index in [-0.39, 0.29) is 23.4 Å². The van der Waals surface area contributed by atoms with E-state index in [1.165, 1.54) is 11.9 Å². The van der Waals surface area contributed by atoms with Gasteiger partial charge in [0.25, 0.3) is 15.1 Å². The van der Waals surface area contributed by atoms with Crippen molar-refractivity contribution in [1.82, 2.24) is 14.2 Å². The Morgan fingerprint density at radius 3 is 2.41 bits per heavy atom. The van der Waals surface area contributed by atoms with Gasteiger partial charge in [0, 0.05) is 26.7 Å².